The van der Waals surface area contributed by atoms with Crippen LogP contribution in [0.4, 0.5) is 0 Å². The first-order chi connectivity index (χ1) is 8.68. The molecule has 0 saturated heterocycles. The van der Waals surface area contributed by atoms with Crippen LogP contribution in [0.1, 0.15) is 29.6 Å². The topological polar surface area (TPSA) is 68.0 Å². The van der Waals surface area contributed by atoms with Gasteiger partial charge in [0.2, 0.25) is 5.91 Å². The van der Waals surface area contributed by atoms with Crippen LogP contribution in [0, 0.1) is 0 Å². The van der Waals surface area contributed by atoms with Crippen LogP contribution in [-0.4, -0.2) is 10.9 Å². The lowest BCUT2D eigenvalue weighted by molar-refractivity contribution is -0.123. The Labute approximate surface area is 110 Å². The van der Waals surface area contributed by atoms with Crippen LogP contribution in [0.3, 0.4) is 0 Å². The van der Waals surface area contributed by atoms with Gasteiger partial charge in [0.25, 0.3) is 0 Å². The quantitative estimate of drug-likeness (QED) is 0.884. The number of nitrogens with one attached hydrogen (secondary N) is 1. The van der Waals surface area contributed by atoms with Crippen LogP contribution >= 0.6 is 11.3 Å². The number of carbonyl (C=O) groups is 1. The van der Waals surface area contributed by atoms with Gasteiger partial charge in [-0.05, 0) is 30.5 Å². The summed E-state index contributed by atoms with van der Waals surface area (Å²) in [5.41, 5.74) is 6.71. The minimum Gasteiger partial charge on any atom is -0.346 e. The van der Waals surface area contributed by atoms with E-state index in [2.05, 4.69) is 10.3 Å². The molecule has 0 aliphatic heterocycles. The van der Waals surface area contributed by atoms with E-state index in [0.29, 0.717) is 0 Å². The van der Waals surface area contributed by atoms with Crippen molar-refractivity contribution in [1.29, 1.82) is 0 Å². The minimum absolute atomic E-state index is 0.148. The van der Waals surface area contributed by atoms with Crippen LogP contribution in [0.2, 0.25) is 0 Å². The van der Waals surface area contributed by atoms with Crippen LogP contribution in [-0.2, 0) is 4.79 Å². The molecule has 0 aliphatic rings. The van der Waals surface area contributed by atoms with Crippen molar-refractivity contribution >= 4 is 17.2 Å². The first-order valence-corrected chi connectivity index (χ1v) is 6.56. The minimum atomic E-state index is -0.615. The van der Waals surface area contributed by atoms with Crippen molar-refractivity contribution < 1.29 is 4.79 Å². The van der Waals surface area contributed by atoms with Crippen molar-refractivity contribution in [1.82, 2.24) is 10.3 Å². The molecule has 0 bridgehead atoms. The van der Waals surface area contributed by atoms with Crippen molar-refractivity contribution in [3.63, 3.8) is 0 Å². The second-order valence-electron chi connectivity index (χ2n) is 3.98. The molecule has 18 heavy (non-hydrogen) atoms. The van der Waals surface area contributed by atoms with Gasteiger partial charge in [-0.25, -0.2) is 0 Å². The third-order valence-corrected chi connectivity index (χ3v) is 3.58. The zero-order valence-electron chi connectivity index (χ0n) is 10.0. The van der Waals surface area contributed by atoms with Crippen molar-refractivity contribution in [2.75, 3.05) is 0 Å². The molecule has 2 heterocycles. The van der Waals surface area contributed by atoms with Gasteiger partial charge in [-0.15, -0.1) is 11.3 Å². The highest BCUT2D eigenvalue weighted by Gasteiger charge is 2.19. The van der Waals surface area contributed by atoms with Gasteiger partial charge in [0.1, 0.15) is 6.04 Å². The van der Waals surface area contributed by atoms with Crippen molar-refractivity contribution in [2.45, 2.75) is 19.0 Å². The van der Waals surface area contributed by atoms with Gasteiger partial charge in [-0.2, -0.15) is 0 Å². The molecule has 3 N–H and O–H groups in total. The molecule has 1 unspecified atom stereocenters. The Bertz CT molecular complexity index is 498. The van der Waals surface area contributed by atoms with E-state index < -0.39 is 6.04 Å². The smallest absolute Gasteiger partial charge is 0.242 e. The number of carbonyl (C=O) groups excluding carboxylic acids is 1. The summed E-state index contributed by atoms with van der Waals surface area (Å²) in [6.45, 7) is 1.89. The van der Waals surface area contributed by atoms with E-state index in [9.17, 15) is 4.79 Å². The lowest BCUT2D eigenvalue weighted by Gasteiger charge is -2.16. The zero-order chi connectivity index (χ0) is 13.0. The summed E-state index contributed by atoms with van der Waals surface area (Å²) in [5, 5.41) is 4.77. The van der Waals surface area contributed by atoms with E-state index in [1.807, 2.05) is 42.6 Å². The van der Waals surface area contributed by atoms with E-state index in [1.165, 1.54) is 11.3 Å². The predicted molar refractivity (Wildman–Crippen MR) is 72.0 cm³/mol. The third-order valence-electron chi connectivity index (χ3n) is 2.62. The van der Waals surface area contributed by atoms with Crippen molar-refractivity contribution in [2.24, 2.45) is 5.73 Å². The van der Waals surface area contributed by atoms with E-state index in [1.54, 1.807) is 6.20 Å². The van der Waals surface area contributed by atoms with Crippen LogP contribution in [0.25, 0.3) is 0 Å². The molecule has 2 atom stereocenters. The molecule has 2 rings (SSSR count). The van der Waals surface area contributed by atoms with Crippen LogP contribution in [0.15, 0.2) is 41.9 Å². The molecule has 0 radical (unpaired) electrons. The highest BCUT2D eigenvalue weighted by atomic mass is 32.1. The average molecular weight is 261 g/mol. The van der Waals surface area contributed by atoms with Crippen LogP contribution in [0.5, 0.6) is 0 Å². The van der Waals surface area contributed by atoms with Gasteiger partial charge in [0, 0.05) is 11.1 Å². The summed E-state index contributed by atoms with van der Waals surface area (Å²) in [5.74, 6) is -0.185. The Balaban J connectivity index is 1.99. The maximum Gasteiger partial charge on any atom is 0.242 e. The molecule has 0 spiro atoms. The number of amides is 1. The van der Waals surface area contributed by atoms with Gasteiger partial charge < -0.3 is 11.1 Å². The Kier molecular flexibility index (Phi) is 4.07. The monoisotopic (exact) mass is 261 g/mol. The summed E-state index contributed by atoms with van der Waals surface area (Å²) in [7, 11) is 0. The number of hydrogen-bond acceptors (Lipinski definition) is 4. The fourth-order valence-electron chi connectivity index (χ4n) is 1.61. The van der Waals surface area contributed by atoms with E-state index in [4.69, 9.17) is 5.73 Å². The maximum absolute atomic E-state index is 12.0. The molecule has 0 aliphatic carbocycles. The largest absolute Gasteiger partial charge is 0.346 e. The lowest BCUT2D eigenvalue weighted by atomic mass is 10.2. The second kappa shape index (κ2) is 5.75. The highest BCUT2D eigenvalue weighted by Crippen LogP contribution is 2.18. The Morgan fingerprint density at radius 3 is 2.83 bits per heavy atom. The van der Waals surface area contributed by atoms with Gasteiger partial charge in [0.15, 0.2) is 0 Å². The summed E-state index contributed by atoms with van der Waals surface area (Å²) >= 11 is 1.48. The zero-order valence-corrected chi connectivity index (χ0v) is 10.9. The molecule has 4 nitrogen and oxygen atoms in total. The first kappa shape index (κ1) is 12.7. The molecule has 0 fully saturated rings. The number of nitrogens with zero attached hydrogens (tertiary/aromatic N) is 1. The highest BCUT2D eigenvalue weighted by molar-refractivity contribution is 7.10. The molecule has 94 valence electrons. The molecule has 2 aromatic rings. The van der Waals surface area contributed by atoms with Gasteiger partial charge >= 0.3 is 0 Å². The van der Waals surface area contributed by atoms with E-state index in [-0.39, 0.29) is 11.9 Å². The first-order valence-electron chi connectivity index (χ1n) is 5.69. The Morgan fingerprint density at radius 1 is 1.39 bits per heavy atom. The summed E-state index contributed by atoms with van der Waals surface area (Å²) in [6, 6.07) is 8.59. The average Bonchev–Trinajstić information content (AvgIpc) is 2.92. The number of nitrogens with two attached hydrogens (primary N) is 1. The Hall–Kier alpha value is -1.72. The lowest BCUT2D eigenvalue weighted by Crippen LogP contribution is -2.35. The molecule has 2 aromatic heterocycles. The van der Waals surface area contributed by atoms with Gasteiger partial charge in [-0.1, -0.05) is 12.1 Å². The number of thiophene rings is 1. The second-order valence-corrected chi connectivity index (χ2v) is 4.96. The number of aromatic nitrogens is 1. The SMILES string of the molecule is C[C@@H](NC(=O)C(N)c1cccs1)c1ccccn1. The summed E-state index contributed by atoms with van der Waals surface area (Å²) in [6.07, 6.45) is 1.71. The normalized spacial score (nSPS) is 13.9. The third kappa shape index (κ3) is 2.94. The fourth-order valence-corrected chi connectivity index (χ4v) is 2.33. The van der Waals surface area contributed by atoms with Gasteiger partial charge in [0.05, 0.1) is 11.7 Å². The van der Waals surface area contributed by atoms with Crippen LogP contribution < -0.4 is 11.1 Å². The van der Waals surface area contributed by atoms with E-state index >= 15 is 0 Å². The summed E-state index contributed by atoms with van der Waals surface area (Å²) < 4.78 is 0. The number of rotatable bonds is 4. The fraction of sp³-hybridized carbons (Fsp3) is 0.231. The molecule has 0 aromatic carbocycles. The van der Waals surface area contributed by atoms with E-state index in [0.717, 1.165) is 10.6 Å². The molecule has 5 heteroatoms. The molecule has 0 saturated carbocycles. The number of hydrogen-bond donors (Lipinski definition) is 2. The molecular formula is C13H15N3OS. The standard InChI is InChI=1S/C13H15N3OS/c1-9(10-5-2-3-7-15-10)16-13(17)12(14)11-6-4-8-18-11/h2-9,12H,14H2,1H3,(H,16,17)/t9-,12?/m1/s1. The maximum atomic E-state index is 12.0. The molecule has 1 amide bonds. The van der Waals surface area contributed by atoms with Gasteiger partial charge in [-0.3, -0.25) is 9.78 Å². The number of pyridine rings is 1. The van der Waals surface area contributed by atoms with Crippen molar-refractivity contribution in [3.05, 3.63) is 52.5 Å². The predicted octanol–water partition coefficient (Wildman–Crippen LogP) is 2.02. The Morgan fingerprint density at radius 2 is 2.22 bits per heavy atom. The summed E-state index contributed by atoms with van der Waals surface area (Å²) in [4.78, 5) is 17.0. The van der Waals surface area contributed by atoms with Crippen molar-refractivity contribution in [3.8, 4) is 0 Å². The molecular weight excluding hydrogens is 246 g/mol.